The quantitative estimate of drug-likeness (QED) is 0.614. The first kappa shape index (κ1) is 21.6. The van der Waals surface area contributed by atoms with E-state index < -0.39 is 35.6 Å². The Labute approximate surface area is 167 Å². The predicted molar refractivity (Wildman–Crippen MR) is 104 cm³/mol. The van der Waals surface area contributed by atoms with Crippen LogP contribution in [0.15, 0.2) is 48.5 Å². The van der Waals surface area contributed by atoms with E-state index in [2.05, 4.69) is 10.6 Å². The van der Waals surface area contributed by atoms with Crippen molar-refractivity contribution in [2.24, 2.45) is 5.73 Å². The number of hydrogen-bond acceptors (Lipinski definition) is 4. The molecule has 0 aliphatic heterocycles. The van der Waals surface area contributed by atoms with Crippen molar-refractivity contribution in [1.29, 1.82) is 5.26 Å². The third kappa shape index (κ3) is 6.43. The van der Waals surface area contributed by atoms with E-state index in [1.165, 1.54) is 25.1 Å². The molecule has 2 atom stereocenters. The second kappa shape index (κ2) is 9.99. The van der Waals surface area contributed by atoms with Crippen molar-refractivity contribution in [1.82, 2.24) is 10.6 Å². The summed E-state index contributed by atoms with van der Waals surface area (Å²) < 4.78 is 14.0. The van der Waals surface area contributed by atoms with Gasteiger partial charge in [0, 0.05) is 19.8 Å². The number of nitrogens with one attached hydrogen (secondary N) is 2. The molecule has 0 aliphatic rings. The molecule has 0 heterocycles. The molecule has 0 aliphatic carbocycles. The molecule has 0 aromatic heterocycles. The van der Waals surface area contributed by atoms with Gasteiger partial charge in [-0.1, -0.05) is 30.3 Å². The van der Waals surface area contributed by atoms with Crippen LogP contribution in [0.25, 0.3) is 0 Å². The van der Waals surface area contributed by atoms with Gasteiger partial charge in [-0.05, 0) is 29.3 Å². The Morgan fingerprint density at radius 3 is 2.41 bits per heavy atom. The summed E-state index contributed by atoms with van der Waals surface area (Å²) in [6.45, 7) is 1.24. The lowest BCUT2D eigenvalue weighted by Crippen LogP contribution is -2.54. The monoisotopic (exact) mass is 396 g/mol. The summed E-state index contributed by atoms with van der Waals surface area (Å²) in [6.07, 6.45) is -0.0173. The van der Waals surface area contributed by atoms with Gasteiger partial charge in [0.1, 0.15) is 17.9 Å². The summed E-state index contributed by atoms with van der Waals surface area (Å²) in [6, 6.07) is 12.3. The summed E-state index contributed by atoms with van der Waals surface area (Å²) in [4.78, 5) is 36.1. The Balaban J connectivity index is 2.17. The maximum atomic E-state index is 14.0. The first-order chi connectivity index (χ1) is 13.8. The summed E-state index contributed by atoms with van der Waals surface area (Å²) >= 11 is 0. The second-order valence-electron chi connectivity index (χ2n) is 6.53. The molecule has 7 nitrogen and oxygen atoms in total. The molecule has 0 bridgehead atoms. The lowest BCUT2D eigenvalue weighted by atomic mass is 10.0. The molecule has 0 saturated heterocycles. The van der Waals surface area contributed by atoms with Crippen LogP contribution in [0.3, 0.4) is 0 Å². The molecule has 2 aromatic rings. The zero-order valence-corrected chi connectivity index (χ0v) is 15.8. The predicted octanol–water partition coefficient (Wildman–Crippen LogP) is 0.957. The topological polar surface area (TPSA) is 125 Å². The van der Waals surface area contributed by atoms with Crippen molar-refractivity contribution in [2.45, 2.75) is 31.8 Å². The van der Waals surface area contributed by atoms with E-state index in [1.54, 1.807) is 30.3 Å². The summed E-state index contributed by atoms with van der Waals surface area (Å²) in [5.74, 6) is -2.41. The second-order valence-corrected chi connectivity index (χ2v) is 6.53. The Bertz CT molecular complexity index is 955. The Kier molecular flexibility index (Phi) is 7.43. The average Bonchev–Trinajstić information content (AvgIpc) is 2.68. The van der Waals surface area contributed by atoms with Crippen LogP contribution in [0.1, 0.15) is 23.6 Å². The zero-order chi connectivity index (χ0) is 21.4. The third-order valence-corrected chi connectivity index (χ3v) is 4.23. The third-order valence-electron chi connectivity index (χ3n) is 4.23. The van der Waals surface area contributed by atoms with Gasteiger partial charge in [-0.15, -0.1) is 0 Å². The molecule has 150 valence electrons. The molecular formula is C21H21FN4O3. The SMILES string of the molecule is CC(=O)N[C@@H](Cc1ccccc1F)C(=O)N[C@@H](Cc1cccc(C#N)c1)C(N)=O. The number of rotatable bonds is 8. The molecule has 0 unspecified atom stereocenters. The average molecular weight is 396 g/mol. The highest BCUT2D eigenvalue weighted by molar-refractivity contribution is 5.91. The fourth-order valence-electron chi connectivity index (χ4n) is 2.84. The number of nitrogens with zero attached hydrogens (tertiary/aromatic N) is 1. The molecule has 2 aromatic carbocycles. The minimum atomic E-state index is -1.09. The van der Waals surface area contributed by atoms with Gasteiger partial charge in [0.25, 0.3) is 0 Å². The normalized spacial score (nSPS) is 12.3. The molecule has 29 heavy (non-hydrogen) atoms. The summed E-state index contributed by atoms with van der Waals surface area (Å²) in [5, 5.41) is 14.0. The van der Waals surface area contributed by atoms with Crippen LogP contribution in [0.2, 0.25) is 0 Å². The smallest absolute Gasteiger partial charge is 0.243 e. The van der Waals surface area contributed by atoms with Gasteiger partial charge in [0.05, 0.1) is 11.6 Å². The molecular weight excluding hydrogens is 375 g/mol. The Hall–Kier alpha value is -3.73. The maximum Gasteiger partial charge on any atom is 0.243 e. The number of halogens is 1. The highest BCUT2D eigenvalue weighted by atomic mass is 19.1. The first-order valence-corrected chi connectivity index (χ1v) is 8.89. The van der Waals surface area contributed by atoms with E-state index in [1.807, 2.05) is 6.07 Å². The number of amides is 3. The van der Waals surface area contributed by atoms with E-state index >= 15 is 0 Å². The maximum absolute atomic E-state index is 14.0. The highest BCUT2D eigenvalue weighted by Crippen LogP contribution is 2.11. The minimum absolute atomic E-state index is 0.0725. The number of nitrogens with two attached hydrogens (primary N) is 1. The molecule has 0 spiro atoms. The van der Waals surface area contributed by atoms with Crippen LogP contribution >= 0.6 is 0 Å². The molecule has 2 rings (SSSR count). The van der Waals surface area contributed by atoms with Crippen LogP contribution in [-0.2, 0) is 27.2 Å². The zero-order valence-electron chi connectivity index (χ0n) is 15.8. The van der Waals surface area contributed by atoms with Crippen molar-refractivity contribution in [3.05, 3.63) is 71.0 Å². The van der Waals surface area contributed by atoms with Gasteiger partial charge in [-0.25, -0.2) is 4.39 Å². The summed E-state index contributed by atoms with van der Waals surface area (Å²) in [5.41, 5.74) is 6.71. The molecule has 0 saturated carbocycles. The number of carbonyl (C=O) groups excluding carboxylic acids is 3. The number of nitriles is 1. The summed E-state index contributed by atoms with van der Waals surface area (Å²) in [7, 11) is 0. The fraction of sp³-hybridized carbons (Fsp3) is 0.238. The van der Waals surface area contributed by atoms with E-state index in [-0.39, 0.29) is 18.4 Å². The van der Waals surface area contributed by atoms with Crippen molar-refractivity contribution in [3.63, 3.8) is 0 Å². The van der Waals surface area contributed by atoms with Crippen molar-refractivity contribution in [3.8, 4) is 6.07 Å². The van der Waals surface area contributed by atoms with Crippen LogP contribution < -0.4 is 16.4 Å². The molecule has 8 heteroatoms. The first-order valence-electron chi connectivity index (χ1n) is 8.89. The fourth-order valence-corrected chi connectivity index (χ4v) is 2.84. The van der Waals surface area contributed by atoms with Crippen LogP contribution in [-0.4, -0.2) is 29.8 Å². The van der Waals surface area contributed by atoms with Crippen LogP contribution in [0, 0.1) is 17.1 Å². The minimum Gasteiger partial charge on any atom is -0.368 e. The molecule has 0 fully saturated rings. The lowest BCUT2D eigenvalue weighted by molar-refractivity contribution is -0.130. The number of primary amides is 1. The van der Waals surface area contributed by atoms with Crippen LogP contribution in [0.5, 0.6) is 0 Å². The van der Waals surface area contributed by atoms with E-state index in [4.69, 9.17) is 11.0 Å². The van der Waals surface area contributed by atoms with E-state index in [0.717, 1.165) is 0 Å². The van der Waals surface area contributed by atoms with E-state index in [9.17, 15) is 18.8 Å². The van der Waals surface area contributed by atoms with Gasteiger partial charge in [-0.2, -0.15) is 5.26 Å². The Morgan fingerprint density at radius 2 is 1.79 bits per heavy atom. The number of carbonyl (C=O) groups is 3. The molecule has 3 amide bonds. The van der Waals surface area contributed by atoms with Gasteiger partial charge < -0.3 is 16.4 Å². The Morgan fingerprint density at radius 1 is 1.07 bits per heavy atom. The van der Waals surface area contributed by atoms with Gasteiger partial charge in [0.15, 0.2) is 0 Å². The number of hydrogen-bond donors (Lipinski definition) is 3. The standard InChI is InChI=1S/C21H21FN4O3/c1-13(27)25-19(11-16-7-2-3-8-17(16)22)21(29)26-18(20(24)28)10-14-5-4-6-15(9-14)12-23/h2-9,18-19H,10-11H2,1H3,(H2,24,28)(H,25,27)(H,26,29)/t18-,19-/m0/s1. The van der Waals surface area contributed by atoms with Gasteiger partial charge in [0.2, 0.25) is 17.7 Å². The van der Waals surface area contributed by atoms with E-state index in [0.29, 0.717) is 11.1 Å². The molecule has 0 radical (unpaired) electrons. The van der Waals surface area contributed by atoms with Crippen molar-refractivity contribution >= 4 is 17.7 Å². The van der Waals surface area contributed by atoms with Crippen molar-refractivity contribution < 1.29 is 18.8 Å². The largest absolute Gasteiger partial charge is 0.368 e. The highest BCUT2D eigenvalue weighted by Gasteiger charge is 2.26. The number of benzene rings is 2. The van der Waals surface area contributed by atoms with Crippen molar-refractivity contribution in [2.75, 3.05) is 0 Å². The van der Waals surface area contributed by atoms with Crippen LogP contribution in [0.4, 0.5) is 4.39 Å². The molecule has 4 N–H and O–H groups in total. The van der Waals surface area contributed by atoms with Gasteiger partial charge >= 0.3 is 0 Å². The van der Waals surface area contributed by atoms with Gasteiger partial charge in [-0.3, -0.25) is 14.4 Å². The lowest BCUT2D eigenvalue weighted by Gasteiger charge is -2.22.